The van der Waals surface area contributed by atoms with Crippen molar-refractivity contribution < 1.29 is 9.13 Å². The molecule has 0 unspecified atom stereocenters. The van der Waals surface area contributed by atoms with Gasteiger partial charge in [-0.1, -0.05) is 15.9 Å². The van der Waals surface area contributed by atoms with Gasteiger partial charge in [-0.3, -0.25) is 4.68 Å². The standard InChI is InChI=1S/C12H13BrFN3O/c1-17-12(15)5-11(16-17)7-3-9(13)8(6-18-2)10(14)4-7/h3-5H,6,15H2,1-2H3. The molecule has 0 aliphatic heterocycles. The summed E-state index contributed by atoms with van der Waals surface area (Å²) in [6.45, 7) is 0.219. The molecule has 0 saturated heterocycles. The SMILES string of the molecule is COCc1c(F)cc(-c2cc(N)n(C)n2)cc1Br. The van der Waals surface area contributed by atoms with Crippen molar-refractivity contribution >= 4 is 21.7 Å². The minimum atomic E-state index is -0.328. The molecular formula is C12H13BrFN3O. The molecule has 1 heterocycles. The highest BCUT2D eigenvalue weighted by atomic mass is 79.9. The van der Waals surface area contributed by atoms with Crippen molar-refractivity contribution in [3.8, 4) is 11.3 Å². The fourth-order valence-electron chi connectivity index (χ4n) is 1.66. The molecule has 1 aromatic heterocycles. The van der Waals surface area contributed by atoms with Crippen molar-refractivity contribution in [3.05, 3.63) is 34.1 Å². The van der Waals surface area contributed by atoms with Gasteiger partial charge < -0.3 is 10.5 Å². The molecule has 0 bridgehead atoms. The molecule has 6 heteroatoms. The smallest absolute Gasteiger partial charge is 0.130 e. The van der Waals surface area contributed by atoms with Gasteiger partial charge in [0.1, 0.15) is 11.6 Å². The Labute approximate surface area is 113 Å². The van der Waals surface area contributed by atoms with Crippen molar-refractivity contribution in [2.24, 2.45) is 7.05 Å². The van der Waals surface area contributed by atoms with Gasteiger partial charge in [0, 0.05) is 35.8 Å². The molecule has 0 saturated carbocycles. The number of rotatable bonds is 3. The summed E-state index contributed by atoms with van der Waals surface area (Å²) in [5.41, 5.74) is 7.51. The summed E-state index contributed by atoms with van der Waals surface area (Å²) < 4.78 is 21.1. The van der Waals surface area contributed by atoms with E-state index in [-0.39, 0.29) is 12.4 Å². The van der Waals surface area contributed by atoms with Crippen LogP contribution in [-0.4, -0.2) is 16.9 Å². The summed E-state index contributed by atoms with van der Waals surface area (Å²) in [6.07, 6.45) is 0. The van der Waals surface area contributed by atoms with E-state index < -0.39 is 0 Å². The molecule has 0 spiro atoms. The van der Waals surface area contributed by atoms with Crippen LogP contribution in [0.25, 0.3) is 11.3 Å². The first-order valence-corrected chi connectivity index (χ1v) is 6.09. The van der Waals surface area contributed by atoms with Gasteiger partial charge in [0.25, 0.3) is 0 Å². The number of nitrogens with zero attached hydrogens (tertiary/aromatic N) is 2. The number of benzene rings is 1. The topological polar surface area (TPSA) is 53.1 Å². The summed E-state index contributed by atoms with van der Waals surface area (Å²) in [4.78, 5) is 0. The lowest BCUT2D eigenvalue weighted by atomic mass is 10.1. The van der Waals surface area contributed by atoms with Gasteiger partial charge in [0.2, 0.25) is 0 Å². The van der Waals surface area contributed by atoms with Crippen molar-refractivity contribution in [1.82, 2.24) is 9.78 Å². The van der Waals surface area contributed by atoms with Crippen LogP contribution < -0.4 is 5.73 Å². The third-order valence-corrected chi connectivity index (χ3v) is 3.35. The van der Waals surface area contributed by atoms with Crippen molar-refractivity contribution in [3.63, 3.8) is 0 Å². The number of aryl methyl sites for hydroxylation is 1. The molecule has 0 amide bonds. The van der Waals surface area contributed by atoms with E-state index in [0.717, 1.165) is 0 Å². The normalized spacial score (nSPS) is 10.9. The van der Waals surface area contributed by atoms with Gasteiger partial charge in [-0.2, -0.15) is 5.10 Å². The number of hydrogen-bond acceptors (Lipinski definition) is 3. The molecule has 4 nitrogen and oxygen atoms in total. The van der Waals surface area contributed by atoms with Gasteiger partial charge in [0.05, 0.1) is 12.3 Å². The fourth-order valence-corrected chi connectivity index (χ4v) is 2.21. The van der Waals surface area contributed by atoms with Crippen LogP contribution >= 0.6 is 15.9 Å². The number of ether oxygens (including phenoxy) is 1. The van der Waals surface area contributed by atoms with Crippen molar-refractivity contribution in [2.45, 2.75) is 6.61 Å². The fraction of sp³-hybridized carbons (Fsp3) is 0.250. The second-order valence-corrected chi connectivity index (χ2v) is 4.78. The molecule has 0 radical (unpaired) electrons. The van der Waals surface area contributed by atoms with Crippen LogP contribution in [0, 0.1) is 5.82 Å². The van der Waals surface area contributed by atoms with E-state index in [1.165, 1.54) is 13.2 Å². The average Bonchev–Trinajstić information content (AvgIpc) is 2.64. The van der Waals surface area contributed by atoms with Crippen LogP contribution in [-0.2, 0) is 18.4 Å². The minimum absolute atomic E-state index is 0.219. The number of halogens is 2. The van der Waals surface area contributed by atoms with E-state index >= 15 is 0 Å². The lowest BCUT2D eigenvalue weighted by molar-refractivity contribution is 0.181. The summed E-state index contributed by atoms with van der Waals surface area (Å²) in [5, 5.41) is 4.21. The third-order valence-electron chi connectivity index (χ3n) is 2.64. The van der Waals surface area contributed by atoms with E-state index in [2.05, 4.69) is 21.0 Å². The second kappa shape index (κ2) is 5.07. The maximum absolute atomic E-state index is 13.9. The number of hydrogen-bond donors (Lipinski definition) is 1. The lowest BCUT2D eigenvalue weighted by Gasteiger charge is -2.07. The summed E-state index contributed by atoms with van der Waals surface area (Å²) in [5.74, 6) is 0.202. The number of aromatic nitrogens is 2. The van der Waals surface area contributed by atoms with E-state index in [1.54, 1.807) is 23.9 Å². The number of methoxy groups -OCH3 is 1. The summed E-state index contributed by atoms with van der Waals surface area (Å²) >= 11 is 3.34. The molecule has 0 atom stereocenters. The predicted octanol–water partition coefficient (Wildman–Crippen LogP) is 2.72. The highest BCUT2D eigenvalue weighted by molar-refractivity contribution is 9.10. The summed E-state index contributed by atoms with van der Waals surface area (Å²) in [6, 6.07) is 4.94. The van der Waals surface area contributed by atoms with E-state index in [1.807, 2.05) is 0 Å². The van der Waals surface area contributed by atoms with Gasteiger partial charge in [-0.15, -0.1) is 0 Å². The number of anilines is 1. The minimum Gasteiger partial charge on any atom is -0.384 e. The first-order valence-electron chi connectivity index (χ1n) is 5.29. The predicted molar refractivity (Wildman–Crippen MR) is 71.4 cm³/mol. The molecule has 2 rings (SSSR count). The Bertz CT molecular complexity index is 540. The zero-order valence-corrected chi connectivity index (χ0v) is 11.7. The molecule has 18 heavy (non-hydrogen) atoms. The monoisotopic (exact) mass is 313 g/mol. The Morgan fingerprint density at radius 3 is 2.67 bits per heavy atom. The molecule has 1 aromatic carbocycles. The van der Waals surface area contributed by atoms with Crippen LogP contribution in [0.3, 0.4) is 0 Å². The Kier molecular flexibility index (Phi) is 3.68. The van der Waals surface area contributed by atoms with Gasteiger partial charge in [-0.05, 0) is 12.1 Å². The number of nitrogens with two attached hydrogens (primary N) is 1. The molecule has 2 N–H and O–H groups in total. The van der Waals surface area contributed by atoms with Gasteiger partial charge in [0.15, 0.2) is 0 Å². The first kappa shape index (κ1) is 13.0. The second-order valence-electron chi connectivity index (χ2n) is 3.93. The Morgan fingerprint density at radius 2 is 2.17 bits per heavy atom. The van der Waals surface area contributed by atoms with Gasteiger partial charge in [-0.25, -0.2) is 4.39 Å². The zero-order chi connectivity index (χ0) is 13.3. The van der Waals surface area contributed by atoms with Crippen LogP contribution in [0.15, 0.2) is 22.7 Å². The van der Waals surface area contributed by atoms with E-state index in [4.69, 9.17) is 10.5 Å². The number of nitrogen functional groups attached to an aromatic ring is 1. The Hall–Kier alpha value is -1.40. The van der Waals surface area contributed by atoms with Crippen molar-refractivity contribution in [2.75, 3.05) is 12.8 Å². The molecule has 0 fully saturated rings. The highest BCUT2D eigenvalue weighted by Gasteiger charge is 2.12. The van der Waals surface area contributed by atoms with E-state index in [0.29, 0.717) is 27.1 Å². The van der Waals surface area contributed by atoms with Gasteiger partial charge >= 0.3 is 0 Å². The zero-order valence-electron chi connectivity index (χ0n) is 10.1. The maximum Gasteiger partial charge on any atom is 0.130 e. The lowest BCUT2D eigenvalue weighted by Crippen LogP contribution is -1.97. The Balaban J connectivity index is 2.47. The largest absolute Gasteiger partial charge is 0.384 e. The molecule has 0 aliphatic rings. The highest BCUT2D eigenvalue weighted by Crippen LogP contribution is 2.29. The van der Waals surface area contributed by atoms with E-state index in [9.17, 15) is 4.39 Å². The van der Waals surface area contributed by atoms with Crippen LogP contribution in [0.1, 0.15) is 5.56 Å². The molecular weight excluding hydrogens is 301 g/mol. The van der Waals surface area contributed by atoms with Crippen LogP contribution in [0.2, 0.25) is 0 Å². The summed E-state index contributed by atoms with van der Waals surface area (Å²) in [7, 11) is 3.27. The third kappa shape index (κ3) is 2.39. The Morgan fingerprint density at radius 1 is 1.44 bits per heavy atom. The molecule has 96 valence electrons. The average molecular weight is 314 g/mol. The van der Waals surface area contributed by atoms with Crippen LogP contribution in [0.5, 0.6) is 0 Å². The maximum atomic E-state index is 13.9. The molecule has 0 aliphatic carbocycles. The molecule has 2 aromatic rings. The van der Waals surface area contributed by atoms with Crippen molar-refractivity contribution in [1.29, 1.82) is 0 Å². The quantitative estimate of drug-likeness (QED) is 0.948. The van der Waals surface area contributed by atoms with Crippen LogP contribution in [0.4, 0.5) is 10.2 Å². The first-order chi connectivity index (χ1) is 8.52.